The highest BCUT2D eigenvalue weighted by Gasteiger charge is 2.19. The van der Waals surface area contributed by atoms with Crippen molar-refractivity contribution < 1.29 is 14.3 Å². The second-order valence-corrected chi connectivity index (χ2v) is 6.93. The van der Waals surface area contributed by atoms with Crippen LogP contribution in [0, 0.1) is 0 Å². The zero-order valence-corrected chi connectivity index (χ0v) is 15.4. The molecule has 0 spiro atoms. The number of methoxy groups -OCH3 is 1. The van der Waals surface area contributed by atoms with Gasteiger partial charge in [0, 0.05) is 24.1 Å². The maximum Gasteiger partial charge on any atom is 0.256 e. The number of aromatic nitrogens is 1. The molecule has 0 atom stereocenters. The number of benzene rings is 1. The van der Waals surface area contributed by atoms with E-state index in [0.717, 1.165) is 30.8 Å². The second kappa shape index (κ2) is 8.71. The first-order chi connectivity index (χ1) is 12.7. The number of pyridine rings is 1. The molecule has 0 bridgehead atoms. The lowest BCUT2D eigenvalue weighted by atomic mass is 10.2. The minimum atomic E-state index is -0.228. The Morgan fingerprint density at radius 3 is 2.65 bits per heavy atom. The lowest BCUT2D eigenvalue weighted by Crippen LogP contribution is -2.29. The Labute approximate surface area is 156 Å². The molecular formula is C19H21N3O3S. The highest BCUT2D eigenvalue weighted by molar-refractivity contribution is 8.00. The number of hydrogen-bond donors (Lipinski definition) is 1. The van der Waals surface area contributed by atoms with Crippen molar-refractivity contribution in [2.45, 2.75) is 17.7 Å². The minimum Gasteiger partial charge on any atom is -0.481 e. The van der Waals surface area contributed by atoms with E-state index in [-0.39, 0.29) is 11.8 Å². The summed E-state index contributed by atoms with van der Waals surface area (Å²) in [5.74, 6) is 0.726. The number of likely N-dealkylation sites (tertiary alicyclic amines) is 1. The van der Waals surface area contributed by atoms with Crippen molar-refractivity contribution in [1.82, 2.24) is 9.88 Å². The molecule has 2 heterocycles. The number of carbonyl (C=O) groups excluding carboxylic acids is 2. The fraction of sp³-hybridized carbons (Fsp3) is 0.316. The average molecular weight is 371 g/mol. The van der Waals surface area contributed by atoms with Gasteiger partial charge in [-0.2, -0.15) is 0 Å². The van der Waals surface area contributed by atoms with Crippen molar-refractivity contribution in [3.05, 3.63) is 48.2 Å². The lowest BCUT2D eigenvalue weighted by molar-refractivity contribution is -0.127. The number of nitrogens with zero attached hydrogens (tertiary/aromatic N) is 2. The summed E-state index contributed by atoms with van der Waals surface area (Å²) >= 11 is 1.40. The van der Waals surface area contributed by atoms with Crippen LogP contribution in [-0.4, -0.2) is 47.7 Å². The van der Waals surface area contributed by atoms with Crippen molar-refractivity contribution in [3.8, 4) is 5.88 Å². The molecule has 0 saturated carbocycles. The summed E-state index contributed by atoms with van der Waals surface area (Å²) in [6.07, 6.45) is 3.69. The highest BCUT2D eigenvalue weighted by atomic mass is 32.2. The molecule has 1 saturated heterocycles. The summed E-state index contributed by atoms with van der Waals surface area (Å²) in [7, 11) is 1.54. The van der Waals surface area contributed by atoms with Crippen LogP contribution in [-0.2, 0) is 4.79 Å². The van der Waals surface area contributed by atoms with Gasteiger partial charge in [-0.25, -0.2) is 4.98 Å². The molecule has 1 aromatic heterocycles. The standard InChI is InChI=1S/C19H21N3O3S/c1-25-17-9-8-14(12-20-17)21-19(24)15-6-2-3-7-16(15)26-13-18(23)22-10-4-5-11-22/h2-3,6-9,12H,4-5,10-11,13H2,1H3,(H,21,24). The van der Waals surface area contributed by atoms with Gasteiger partial charge in [-0.05, 0) is 31.0 Å². The van der Waals surface area contributed by atoms with Gasteiger partial charge in [0.2, 0.25) is 11.8 Å². The van der Waals surface area contributed by atoms with E-state index in [4.69, 9.17) is 4.74 Å². The summed E-state index contributed by atoms with van der Waals surface area (Å²) in [6, 6.07) is 10.7. The van der Waals surface area contributed by atoms with Crippen LogP contribution < -0.4 is 10.1 Å². The first-order valence-electron chi connectivity index (χ1n) is 8.48. The van der Waals surface area contributed by atoms with Gasteiger partial charge in [0.15, 0.2) is 0 Å². The SMILES string of the molecule is COc1ccc(NC(=O)c2ccccc2SCC(=O)N2CCCC2)cn1. The Morgan fingerprint density at radius 2 is 1.96 bits per heavy atom. The van der Waals surface area contributed by atoms with E-state index < -0.39 is 0 Å². The zero-order chi connectivity index (χ0) is 18.4. The summed E-state index contributed by atoms with van der Waals surface area (Å²) < 4.78 is 5.01. The van der Waals surface area contributed by atoms with Crippen molar-refractivity contribution in [2.75, 3.05) is 31.3 Å². The molecule has 1 aliphatic rings. The molecule has 2 amide bonds. The predicted octanol–water partition coefficient (Wildman–Crippen LogP) is 3.06. The van der Waals surface area contributed by atoms with E-state index in [2.05, 4.69) is 10.3 Å². The van der Waals surface area contributed by atoms with Crippen LogP contribution in [0.1, 0.15) is 23.2 Å². The Morgan fingerprint density at radius 1 is 1.19 bits per heavy atom. The minimum absolute atomic E-state index is 0.127. The quantitative estimate of drug-likeness (QED) is 0.790. The van der Waals surface area contributed by atoms with Gasteiger partial charge < -0.3 is 15.0 Å². The molecular weight excluding hydrogens is 350 g/mol. The molecule has 0 unspecified atom stereocenters. The number of ether oxygens (including phenoxy) is 1. The largest absolute Gasteiger partial charge is 0.481 e. The first-order valence-corrected chi connectivity index (χ1v) is 9.47. The molecule has 26 heavy (non-hydrogen) atoms. The summed E-state index contributed by atoms with van der Waals surface area (Å²) in [6.45, 7) is 1.68. The molecule has 1 N–H and O–H groups in total. The van der Waals surface area contributed by atoms with E-state index >= 15 is 0 Å². The topological polar surface area (TPSA) is 71.5 Å². The summed E-state index contributed by atoms with van der Waals surface area (Å²) in [5.41, 5.74) is 1.13. The Bertz CT molecular complexity index is 774. The number of rotatable bonds is 6. The van der Waals surface area contributed by atoms with Gasteiger partial charge in [0.25, 0.3) is 5.91 Å². The van der Waals surface area contributed by atoms with Gasteiger partial charge in [-0.3, -0.25) is 9.59 Å². The molecule has 136 valence electrons. The normalized spacial score (nSPS) is 13.5. The number of thioether (sulfide) groups is 1. The molecule has 1 fully saturated rings. The smallest absolute Gasteiger partial charge is 0.256 e. The molecule has 1 aromatic carbocycles. The van der Waals surface area contributed by atoms with Crippen LogP contribution in [0.5, 0.6) is 5.88 Å². The molecule has 3 rings (SSSR count). The number of anilines is 1. The second-order valence-electron chi connectivity index (χ2n) is 5.92. The van der Waals surface area contributed by atoms with Crippen LogP contribution in [0.25, 0.3) is 0 Å². The van der Waals surface area contributed by atoms with E-state index in [0.29, 0.717) is 22.9 Å². The van der Waals surface area contributed by atoms with Crippen LogP contribution in [0.3, 0.4) is 0 Å². The third-order valence-electron chi connectivity index (χ3n) is 4.14. The number of nitrogens with one attached hydrogen (secondary N) is 1. The average Bonchev–Trinajstić information content (AvgIpc) is 3.22. The van der Waals surface area contributed by atoms with Crippen LogP contribution in [0.15, 0.2) is 47.5 Å². The van der Waals surface area contributed by atoms with E-state index in [1.54, 1.807) is 24.4 Å². The summed E-state index contributed by atoms with van der Waals surface area (Å²) in [5, 5.41) is 2.83. The maximum atomic E-state index is 12.6. The molecule has 0 aliphatic carbocycles. The van der Waals surface area contributed by atoms with Gasteiger partial charge in [-0.15, -0.1) is 11.8 Å². The van der Waals surface area contributed by atoms with Crippen molar-refractivity contribution in [3.63, 3.8) is 0 Å². The van der Waals surface area contributed by atoms with Crippen LogP contribution >= 0.6 is 11.8 Å². The molecule has 2 aromatic rings. The fourth-order valence-corrected chi connectivity index (χ4v) is 3.70. The van der Waals surface area contributed by atoms with E-state index in [1.807, 2.05) is 23.1 Å². The molecule has 6 nitrogen and oxygen atoms in total. The monoisotopic (exact) mass is 371 g/mol. The Kier molecular flexibility index (Phi) is 6.12. The lowest BCUT2D eigenvalue weighted by Gasteiger charge is -2.15. The molecule has 7 heteroatoms. The maximum absolute atomic E-state index is 12.6. The fourth-order valence-electron chi connectivity index (χ4n) is 2.75. The van der Waals surface area contributed by atoms with Crippen LogP contribution in [0.2, 0.25) is 0 Å². The van der Waals surface area contributed by atoms with E-state index in [1.165, 1.54) is 18.9 Å². The van der Waals surface area contributed by atoms with Gasteiger partial charge in [0.05, 0.1) is 30.3 Å². The predicted molar refractivity (Wildman–Crippen MR) is 102 cm³/mol. The van der Waals surface area contributed by atoms with Crippen molar-refractivity contribution in [1.29, 1.82) is 0 Å². The first kappa shape index (κ1) is 18.3. The third kappa shape index (κ3) is 4.54. The molecule has 1 aliphatic heterocycles. The highest BCUT2D eigenvalue weighted by Crippen LogP contribution is 2.25. The van der Waals surface area contributed by atoms with Gasteiger partial charge in [0.1, 0.15) is 0 Å². The van der Waals surface area contributed by atoms with Crippen LogP contribution in [0.4, 0.5) is 5.69 Å². The third-order valence-corrected chi connectivity index (χ3v) is 5.20. The Hall–Kier alpha value is -2.54. The summed E-state index contributed by atoms with van der Waals surface area (Å²) in [4.78, 5) is 31.6. The van der Waals surface area contributed by atoms with Crippen molar-refractivity contribution in [2.24, 2.45) is 0 Å². The van der Waals surface area contributed by atoms with Gasteiger partial charge >= 0.3 is 0 Å². The number of hydrogen-bond acceptors (Lipinski definition) is 5. The Balaban J connectivity index is 1.65. The van der Waals surface area contributed by atoms with Crippen molar-refractivity contribution >= 4 is 29.3 Å². The number of carbonyl (C=O) groups is 2. The van der Waals surface area contributed by atoms with E-state index in [9.17, 15) is 9.59 Å². The zero-order valence-electron chi connectivity index (χ0n) is 14.6. The molecule has 0 radical (unpaired) electrons. The number of amides is 2. The van der Waals surface area contributed by atoms with Gasteiger partial charge in [-0.1, -0.05) is 12.1 Å².